The van der Waals surface area contributed by atoms with Crippen molar-refractivity contribution < 1.29 is 9.90 Å². The Bertz CT molecular complexity index is 677. The molecule has 1 amide bonds. The van der Waals surface area contributed by atoms with Gasteiger partial charge in [-0.2, -0.15) is 0 Å². The van der Waals surface area contributed by atoms with Crippen molar-refractivity contribution in [2.45, 2.75) is 38.7 Å². The Hall–Kier alpha value is -2.07. The molecule has 24 heavy (non-hydrogen) atoms. The highest BCUT2D eigenvalue weighted by Gasteiger charge is 2.27. The van der Waals surface area contributed by atoms with Crippen LogP contribution in [0.15, 0.2) is 42.6 Å². The van der Waals surface area contributed by atoms with E-state index in [2.05, 4.69) is 4.98 Å². The van der Waals surface area contributed by atoms with Crippen LogP contribution in [0.25, 0.3) is 11.1 Å². The first kappa shape index (κ1) is 16.8. The molecule has 2 aromatic rings. The van der Waals surface area contributed by atoms with Crippen molar-refractivity contribution in [1.29, 1.82) is 0 Å². The van der Waals surface area contributed by atoms with Gasteiger partial charge in [0.25, 0.3) is 5.91 Å². The average Bonchev–Trinajstić information content (AvgIpc) is 3.04. The van der Waals surface area contributed by atoms with Gasteiger partial charge in [-0.25, -0.2) is 0 Å². The van der Waals surface area contributed by atoms with E-state index in [9.17, 15) is 9.90 Å². The Labute approximate surface area is 143 Å². The van der Waals surface area contributed by atoms with Crippen molar-refractivity contribution in [3.8, 4) is 11.1 Å². The number of aromatic amines is 1. The van der Waals surface area contributed by atoms with E-state index in [0.717, 1.165) is 43.5 Å². The van der Waals surface area contributed by atoms with E-state index >= 15 is 0 Å². The van der Waals surface area contributed by atoms with E-state index < -0.39 is 5.60 Å². The molecule has 0 spiro atoms. The number of amides is 1. The summed E-state index contributed by atoms with van der Waals surface area (Å²) < 4.78 is 0. The fourth-order valence-electron chi connectivity index (χ4n) is 3.53. The van der Waals surface area contributed by atoms with Crippen LogP contribution >= 0.6 is 0 Å². The van der Waals surface area contributed by atoms with Gasteiger partial charge in [-0.1, -0.05) is 30.3 Å². The number of carbonyl (C=O) groups excluding carboxylic acids is 1. The Morgan fingerprint density at radius 3 is 2.50 bits per heavy atom. The minimum atomic E-state index is -0.624. The van der Waals surface area contributed by atoms with E-state index in [1.165, 1.54) is 0 Å². The van der Waals surface area contributed by atoms with Gasteiger partial charge in [0.05, 0.1) is 5.60 Å². The minimum absolute atomic E-state index is 0.0684. The minimum Gasteiger partial charge on any atom is -0.390 e. The third-order valence-electron chi connectivity index (χ3n) is 4.71. The third kappa shape index (κ3) is 4.06. The van der Waals surface area contributed by atoms with Gasteiger partial charge in [-0.15, -0.1) is 0 Å². The zero-order valence-corrected chi connectivity index (χ0v) is 14.5. The van der Waals surface area contributed by atoms with Crippen molar-refractivity contribution in [2.24, 2.45) is 5.92 Å². The number of H-pyrrole nitrogens is 1. The summed E-state index contributed by atoms with van der Waals surface area (Å²) in [6, 6.07) is 12.0. The maximum Gasteiger partial charge on any atom is 0.270 e. The lowest BCUT2D eigenvalue weighted by atomic mass is 9.86. The lowest BCUT2D eigenvalue weighted by molar-refractivity contribution is 0.0357. The van der Waals surface area contributed by atoms with Crippen LogP contribution in [0, 0.1) is 5.92 Å². The molecule has 1 fully saturated rings. The maximum atomic E-state index is 12.7. The lowest BCUT2D eigenvalue weighted by Crippen LogP contribution is -2.40. The van der Waals surface area contributed by atoms with Crippen LogP contribution in [-0.4, -0.2) is 39.6 Å². The molecule has 4 heteroatoms. The van der Waals surface area contributed by atoms with Crippen LogP contribution in [0.3, 0.4) is 0 Å². The fourth-order valence-corrected chi connectivity index (χ4v) is 3.53. The predicted octanol–water partition coefficient (Wildman–Crippen LogP) is 3.69. The number of nitrogens with one attached hydrogen (secondary N) is 1. The summed E-state index contributed by atoms with van der Waals surface area (Å²) in [7, 11) is 0. The molecule has 0 aliphatic carbocycles. The Balaban J connectivity index is 1.61. The monoisotopic (exact) mass is 326 g/mol. The first-order chi connectivity index (χ1) is 11.4. The van der Waals surface area contributed by atoms with Gasteiger partial charge in [-0.3, -0.25) is 4.79 Å². The number of nitrogens with zero attached hydrogens (tertiary/aromatic N) is 1. The number of hydrogen-bond donors (Lipinski definition) is 2. The number of benzene rings is 1. The largest absolute Gasteiger partial charge is 0.390 e. The quantitative estimate of drug-likeness (QED) is 0.900. The second-order valence-electron chi connectivity index (χ2n) is 7.42. The SMILES string of the molecule is CC(C)(O)CC1CCN(C(=O)c2cc(-c3ccccc3)c[nH]2)CC1. The van der Waals surface area contributed by atoms with Gasteiger partial charge >= 0.3 is 0 Å². The molecule has 128 valence electrons. The highest BCUT2D eigenvalue weighted by molar-refractivity contribution is 5.94. The normalized spacial score (nSPS) is 16.4. The summed E-state index contributed by atoms with van der Waals surface area (Å²) in [5, 5.41) is 9.95. The van der Waals surface area contributed by atoms with E-state index in [0.29, 0.717) is 11.6 Å². The number of aliphatic hydroxyl groups is 1. The molecule has 0 radical (unpaired) electrons. The van der Waals surface area contributed by atoms with Crippen LogP contribution in [0.2, 0.25) is 0 Å². The van der Waals surface area contributed by atoms with Crippen molar-refractivity contribution in [2.75, 3.05) is 13.1 Å². The first-order valence-electron chi connectivity index (χ1n) is 8.68. The molecule has 0 bridgehead atoms. The molecule has 0 atom stereocenters. The number of piperidine rings is 1. The van der Waals surface area contributed by atoms with Crippen molar-refractivity contribution >= 4 is 5.91 Å². The van der Waals surface area contributed by atoms with Gasteiger partial charge in [0.15, 0.2) is 0 Å². The molecule has 2 heterocycles. The summed E-state index contributed by atoms with van der Waals surface area (Å²) in [4.78, 5) is 17.7. The molecular weight excluding hydrogens is 300 g/mol. The van der Waals surface area contributed by atoms with Crippen LogP contribution < -0.4 is 0 Å². The summed E-state index contributed by atoms with van der Waals surface area (Å²) in [6.07, 6.45) is 4.61. The number of carbonyl (C=O) groups is 1. The van der Waals surface area contributed by atoms with Crippen LogP contribution in [-0.2, 0) is 0 Å². The Morgan fingerprint density at radius 1 is 1.21 bits per heavy atom. The molecule has 0 unspecified atom stereocenters. The summed E-state index contributed by atoms with van der Waals surface area (Å²) in [6.45, 7) is 5.24. The number of aromatic nitrogens is 1. The summed E-state index contributed by atoms with van der Waals surface area (Å²) >= 11 is 0. The fraction of sp³-hybridized carbons (Fsp3) is 0.450. The molecule has 1 aromatic heterocycles. The molecule has 1 aliphatic heterocycles. The molecule has 0 saturated carbocycles. The zero-order valence-electron chi connectivity index (χ0n) is 14.5. The second-order valence-corrected chi connectivity index (χ2v) is 7.42. The van der Waals surface area contributed by atoms with E-state index in [1.807, 2.05) is 61.3 Å². The molecule has 1 aromatic carbocycles. The van der Waals surface area contributed by atoms with Gasteiger partial charge in [-0.05, 0) is 56.2 Å². The van der Waals surface area contributed by atoms with Crippen LogP contribution in [0.5, 0.6) is 0 Å². The smallest absolute Gasteiger partial charge is 0.270 e. The van der Waals surface area contributed by atoms with Crippen molar-refractivity contribution in [3.63, 3.8) is 0 Å². The van der Waals surface area contributed by atoms with Crippen LogP contribution in [0.4, 0.5) is 0 Å². The average molecular weight is 326 g/mol. The topological polar surface area (TPSA) is 56.3 Å². The highest BCUT2D eigenvalue weighted by Crippen LogP contribution is 2.27. The summed E-state index contributed by atoms with van der Waals surface area (Å²) in [5.74, 6) is 0.566. The molecular formula is C20H26N2O2. The summed E-state index contributed by atoms with van der Waals surface area (Å²) in [5.41, 5.74) is 2.17. The predicted molar refractivity (Wildman–Crippen MR) is 95.8 cm³/mol. The molecule has 2 N–H and O–H groups in total. The number of likely N-dealkylation sites (tertiary alicyclic amines) is 1. The Morgan fingerprint density at radius 2 is 1.88 bits per heavy atom. The van der Waals surface area contributed by atoms with Gasteiger partial charge in [0, 0.05) is 19.3 Å². The van der Waals surface area contributed by atoms with E-state index in [-0.39, 0.29) is 5.91 Å². The lowest BCUT2D eigenvalue weighted by Gasteiger charge is -2.34. The van der Waals surface area contributed by atoms with Gasteiger partial charge < -0.3 is 15.0 Å². The molecule has 1 saturated heterocycles. The highest BCUT2D eigenvalue weighted by atomic mass is 16.3. The van der Waals surface area contributed by atoms with Crippen molar-refractivity contribution in [1.82, 2.24) is 9.88 Å². The van der Waals surface area contributed by atoms with Gasteiger partial charge in [0.1, 0.15) is 5.69 Å². The van der Waals surface area contributed by atoms with E-state index in [1.54, 1.807) is 0 Å². The maximum absolute atomic E-state index is 12.7. The molecule has 1 aliphatic rings. The molecule has 4 nitrogen and oxygen atoms in total. The van der Waals surface area contributed by atoms with Gasteiger partial charge in [0.2, 0.25) is 0 Å². The Kier molecular flexibility index (Phi) is 4.76. The standard InChI is InChI=1S/C20H26N2O2/c1-20(2,24)13-15-8-10-22(11-9-15)19(23)18-12-17(14-21-18)16-6-4-3-5-7-16/h3-7,12,14-15,21,24H,8-11,13H2,1-2H3. The van der Waals surface area contributed by atoms with Crippen LogP contribution in [0.1, 0.15) is 43.6 Å². The number of hydrogen-bond acceptors (Lipinski definition) is 2. The van der Waals surface area contributed by atoms with E-state index in [4.69, 9.17) is 0 Å². The number of rotatable bonds is 4. The zero-order chi connectivity index (χ0) is 17.2. The third-order valence-corrected chi connectivity index (χ3v) is 4.71. The second kappa shape index (κ2) is 6.81. The first-order valence-corrected chi connectivity index (χ1v) is 8.68. The molecule has 3 rings (SSSR count). The van der Waals surface area contributed by atoms with Crippen molar-refractivity contribution in [3.05, 3.63) is 48.3 Å².